The molecule has 1 saturated carbocycles. The number of H-pyrrole nitrogens is 1. The van der Waals surface area contributed by atoms with Crippen LogP contribution < -0.4 is 16.4 Å². The van der Waals surface area contributed by atoms with Crippen LogP contribution in [-0.2, 0) is 0 Å². The van der Waals surface area contributed by atoms with Crippen LogP contribution in [0.2, 0.25) is 0 Å². The summed E-state index contributed by atoms with van der Waals surface area (Å²) in [4.78, 5) is 38.7. The smallest absolute Gasteiger partial charge is 0.268 e. The lowest BCUT2D eigenvalue weighted by atomic mass is 9.91. The second kappa shape index (κ2) is 8.10. The Morgan fingerprint density at radius 3 is 2.50 bits per heavy atom. The highest BCUT2D eigenvalue weighted by atomic mass is 16.2. The van der Waals surface area contributed by atoms with Gasteiger partial charge in [-0.25, -0.2) is 9.36 Å². The number of aryl methyl sites for hydroxylation is 2. The SMILES string of the molecule is Cc1cc(C)n(-c2ccc(=O)n(C3CCC(NC(=O)c4cccc(=O)[nH]4)CC3)n2)n1. The molecule has 3 aromatic heterocycles. The largest absolute Gasteiger partial charge is 0.348 e. The maximum atomic E-state index is 12.4. The van der Waals surface area contributed by atoms with Crippen molar-refractivity contribution in [2.75, 3.05) is 0 Å². The first-order chi connectivity index (χ1) is 14.4. The van der Waals surface area contributed by atoms with Gasteiger partial charge in [0.25, 0.3) is 11.5 Å². The van der Waals surface area contributed by atoms with Crippen LogP contribution in [0.25, 0.3) is 5.82 Å². The van der Waals surface area contributed by atoms with Crippen LogP contribution in [-0.4, -0.2) is 36.5 Å². The van der Waals surface area contributed by atoms with E-state index in [0.29, 0.717) is 5.82 Å². The molecule has 0 saturated heterocycles. The van der Waals surface area contributed by atoms with E-state index in [1.165, 1.54) is 12.1 Å². The highest BCUT2D eigenvalue weighted by molar-refractivity contribution is 5.92. The van der Waals surface area contributed by atoms with E-state index in [0.717, 1.165) is 37.1 Å². The Bertz CT molecular complexity index is 1180. The molecule has 3 heterocycles. The third-order valence-corrected chi connectivity index (χ3v) is 5.43. The summed E-state index contributed by atoms with van der Waals surface area (Å²) in [5.41, 5.74) is 1.65. The van der Waals surface area contributed by atoms with Crippen LogP contribution in [0.3, 0.4) is 0 Å². The Balaban J connectivity index is 1.44. The van der Waals surface area contributed by atoms with Gasteiger partial charge in [-0.2, -0.15) is 5.10 Å². The van der Waals surface area contributed by atoms with Gasteiger partial charge in [0.05, 0.1) is 11.7 Å². The number of carbonyl (C=O) groups excluding carboxylic acids is 1. The summed E-state index contributed by atoms with van der Waals surface area (Å²) in [6.07, 6.45) is 2.91. The predicted octanol–water partition coefficient (Wildman–Crippen LogP) is 1.65. The van der Waals surface area contributed by atoms with E-state index in [2.05, 4.69) is 20.5 Å². The number of nitrogens with zero attached hydrogens (tertiary/aromatic N) is 4. The lowest BCUT2D eigenvalue weighted by Gasteiger charge is -2.29. The molecule has 3 aromatic rings. The first-order valence-corrected chi connectivity index (χ1v) is 10.0. The Morgan fingerprint density at radius 2 is 1.83 bits per heavy atom. The maximum absolute atomic E-state index is 12.4. The molecular weight excluding hydrogens is 384 g/mol. The topological polar surface area (TPSA) is 115 Å². The molecule has 0 aliphatic heterocycles. The van der Waals surface area contributed by atoms with Gasteiger partial charge in [0.15, 0.2) is 5.82 Å². The minimum absolute atomic E-state index is 0.00708. The van der Waals surface area contributed by atoms with Gasteiger partial charge < -0.3 is 10.3 Å². The van der Waals surface area contributed by atoms with Gasteiger partial charge in [-0.05, 0) is 57.7 Å². The average molecular weight is 408 g/mol. The van der Waals surface area contributed by atoms with Crippen LogP contribution in [0.4, 0.5) is 0 Å². The number of aromatic amines is 1. The molecule has 0 spiro atoms. The van der Waals surface area contributed by atoms with E-state index in [9.17, 15) is 14.4 Å². The molecule has 156 valence electrons. The van der Waals surface area contributed by atoms with Crippen molar-refractivity contribution < 1.29 is 4.79 Å². The fourth-order valence-electron chi connectivity index (χ4n) is 3.96. The summed E-state index contributed by atoms with van der Waals surface area (Å²) < 4.78 is 3.27. The third-order valence-electron chi connectivity index (χ3n) is 5.43. The molecule has 4 rings (SSSR count). The molecule has 1 fully saturated rings. The summed E-state index contributed by atoms with van der Waals surface area (Å²) >= 11 is 0. The third kappa shape index (κ3) is 4.10. The van der Waals surface area contributed by atoms with Crippen molar-refractivity contribution in [3.05, 3.63) is 74.2 Å². The number of aromatic nitrogens is 5. The molecule has 9 nitrogen and oxygen atoms in total. The molecule has 2 N–H and O–H groups in total. The molecule has 0 radical (unpaired) electrons. The van der Waals surface area contributed by atoms with E-state index < -0.39 is 0 Å². The Labute approximate surface area is 172 Å². The van der Waals surface area contributed by atoms with Gasteiger partial charge in [-0.3, -0.25) is 14.4 Å². The first kappa shape index (κ1) is 19.8. The van der Waals surface area contributed by atoms with E-state index in [1.54, 1.807) is 27.6 Å². The van der Waals surface area contributed by atoms with E-state index in [1.807, 2.05) is 19.9 Å². The van der Waals surface area contributed by atoms with Crippen LogP contribution in [0.1, 0.15) is 53.6 Å². The molecule has 0 unspecified atom stereocenters. The molecule has 0 aromatic carbocycles. The van der Waals surface area contributed by atoms with Gasteiger partial charge in [-0.15, -0.1) is 5.10 Å². The van der Waals surface area contributed by atoms with Gasteiger partial charge in [-0.1, -0.05) is 6.07 Å². The highest BCUT2D eigenvalue weighted by Crippen LogP contribution is 2.27. The summed E-state index contributed by atoms with van der Waals surface area (Å²) in [6.45, 7) is 3.87. The minimum Gasteiger partial charge on any atom is -0.348 e. The molecule has 0 bridgehead atoms. The molecule has 1 aliphatic carbocycles. The standard InChI is InChI=1S/C21H24N6O3/c1-13-12-14(2)26(24-13)18-10-11-20(29)27(25-18)16-8-6-15(7-9-16)22-21(30)17-4-3-5-19(28)23-17/h3-5,10-12,15-16H,6-9H2,1-2H3,(H,22,30)(H,23,28). The number of hydrogen-bond acceptors (Lipinski definition) is 5. The number of rotatable bonds is 4. The molecule has 1 amide bonds. The second-order valence-corrected chi connectivity index (χ2v) is 7.72. The number of amides is 1. The molecule has 0 atom stereocenters. The number of hydrogen-bond donors (Lipinski definition) is 2. The zero-order valence-electron chi connectivity index (χ0n) is 17.0. The summed E-state index contributed by atoms with van der Waals surface area (Å²) in [5, 5.41) is 12.0. The fraction of sp³-hybridized carbons (Fsp3) is 0.381. The normalized spacial score (nSPS) is 18.9. The Hall–Kier alpha value is -3.49. The number of nitrogens with one attached hydrogen (secondary N) is 2. The van der Waals surface area contributed by atoms with Crippen molar-refractivity contribution in [1.29, 1.82) is 0 Å². The molecule has 30 heavy (non-hydrogen) atoms. The molecule has 1 aliphatic rings. The van der Waals surface area contributed by atoms with Crippen molar-refractivity contribution in [2.45, 2.75) is 51.6 Å². The zero-order valence-corrected chi connectivity index (χ0v) is 17.0. The lowest BCUT2D eigenvalue weighted by molar-refractivity contribution is 0.0916. The van der Waals surface area contributed by atoms with Gasteiger partial charge >= 0.3 is 0 Å². The zero-order chi connectivity index (χ0) is 21.3. The monoisotopic (exact) mass is 408 g/mol. The highest BCUT2D eigenvalue weighted by Gasteiger charge is 2.25. The van der Waals surface area contributed by atoms with Crippen LogP contribution in [0.15, 0.2) is 46.0 Å². The lowest BCUT2D eigenvalue weighted by Crippen LogP contribution is -2.40. The first-order valence-electron chi connectivity index (χ1n) is 10.0. The predicted molar refractivity (Wildman–Crippen MR) is 111 cm³/mol. The van der Waals surface area contributed by atoms with Crippen LogP contribution in [0.5, 0.6) is 0 Å². The van der Waals surface area contributed by atoms with Crippen molar-refractivity contribution in [3.63, 3.8) is 0 Å². The summed E-state index contributed by atoms with van der Waals surface area (Å²) in [5.74, 6) is 0.321. The minimum atomic E-state index is -0.306. The summed E-state index contributed by atoms with van der Waals surface area (Å²) in [6, 6.07) is 9.64. The second-order valence-electron chi connectivity index (χ2n) is 7.72. The Kier molecular flexibility index (Phi) is 5.35. The van der Waals surface area contributed by atoms with Crippen molar-refractivity contribution in [1.82, 2.24) is 29.9 Å². The summed E-state index contributed by atoms with van der Waals surface area (Å²) in [7, 11) is 0. The van der Waals surface area contributed by atoms with E-state index in [-0.39, 0.29) is 34.8 Å². The van der Waals surface area contributed by atoms with E-state index in [4.69, 9.17) is 0 Å². The number of pyridine rings is 1. The van der Waals surface area contributed by atoms with Crippen molar-refractivity contribution in [2.24, 2.45) is 0 Å². The van der Waals surface area contributed by atoms with Crippen LogP contribution in [0, 0.1) is 13.8 Å². The maximum Gasteiger partial charge on any atom is 0.268 e. The van der Waals surface area contributed by atoms with Crippen molar-refractivity contribution in [3.8, 4) is 5.82 Å². The quantitative estimate of drug-likeness (QED) is 0.681. The molecule has 9 heteroatoms. The van der Waals surface area contributed by atoms with Crippen LogP contribution >= 0.6 is 0 Å². The van der Waals surface area contributed by atoms with Gasteiger partial charge in [0.2, 0.25) is 5.56 Å². The van der Waals surface area contributed by atoms with Crippen molar-refractivity contribution >= 4 is 5.91 Å². The van der Waals surface area contributed by atoms with Gasteiger partial charge in [0.1, 0.15) is 5.69 Å². The Morgan fingerprint density at radius 1 is 1.07 bits per heavy atom. The molecular formula is C21H24N6O3. The van der Waals surface area contributed by atoms with E-state index >= 15 is 0 Å². The fourth-order valence-corrected chi connectivity index (χ4v) is 3.96. The number of carbonyl (C=O) groups is 1. The van der Waals surface area contributed by atoms with Gasteiger partial charge in [0, 0.05) is 23.9 Å². The average Bonchev–Trinajstić information content (AvgIpc) is 3.07.